The summed E-state index contributed by atoms with van der Waals surface area (Å²) in [7, 11) is 0. The van der Waals surface area contributed by atoms with Gasteiger partial charge >= 0.3 is 5.69 Å². The van der Waals surface area contributed by atoms with Gasteiger partial charge in [0.15, 0.2) is 11.5 Å². The van der Waals surface area contributed by atoms with E-state index in [1.165, 1.54) is 11.3 Å². The highest BCUT2D eigenvalue weighted by molar-refractivity contribution is 7.13. The molecule has 30 heavy (non-hydrogen) atoms. The molecule has 0 saturated carbocycles. The van der Waals surface area contributed by atoms with Gasteiger partial charge in [-0.05, 0) is 47.7 Å². The van der Waals surface area contributed by atoms with Crippen molar-refractivity contribution in [1.29, 1.82) is 0 Å². The minimum Gasteiger partial charge on any atom is -0.355 e. The number of likely N-dealkylation sites (tertiary alicyclic amines) is 1. The second-order valence-corrected chi connectivity index (χ2v) is 9.10. The van der Waals surface area contributed by atoms with E-state index in [9.17, 15) is 9.59 Å². The van der Waals surface area contributed by atoms with Crippen LogP contribution in [0.2, 0.25) is 0 Å². The summed E-state index contributed by atoms with van der Waals surface area (Å²) in [5.74, 6) is 1.62. The van der Waals surface area contributed by atoms with Crippen LogP contribution in [0.4, 0.5) is 0 Å². The first kappa shape index (κ1) is 19.0. The van der Waals surface area contributed by atoms with Gasteiger partial charge in [0.25, 0.3) is 5.91 Å². The van der Waals surface area contributed by atoms with Crippen molar-refractivity contribution in [3.05, 3.63) is 63.1 Å². The monoisotopic (exact) mass is 441 g/mol. The highest BCUT2D eigenvalue weighted by Crippen LogP contribution is 2.27. The highest BCUT2D eigenvalue weighted by Gasteiger charge is 2.27. The number of aromatic amines is 1. The minimum atomic E-state index is -0.215. The third-order valence-corrected chi connectivity index (χ3v) is 7.07. The molecule has 1 aliphatic rings. The Morgan fingerprint density at radius 2 is 2.00 bits per heavy atom. The largest absolute Gasteiger partial charge is 0.355 e. The van der Waals surface area contributed by atoms with Crippen LogP contribution < -0.4 is 5.69 Å². The molecule has 4 aromatic heterocycles. The summed E-state index contributed by atoms with van der Waals surface area (Å²) in [4.78, 5) is 27.7. The van der Waals surface area contributed by atoms with Gasteiger partial charge in [0.1, 0.15) is 10.8 Å². The van der Waals surface area contributed by atoms with Gasteiger partial charge in [-0.25, -0.2) is 14.5 Å². The third-order valence-electron chi connectivity index (χ3n) is 5.33. The molecule has 5 rings (SSSR count). The predicted molar refractivity (Wildman–Crippen MR) is 114 cm³/mol. The van der Waals surface area contributed by atoms with Crippen LogP contribution in [-0.2, 0) is 6.42 Å². The van der Waals surface area contributed by atoms with Crippen LogP contribution in [-0.4, -0.2) is 43.8 Å². The summed E-state index contributed by atoms with van der Waals surface area (Å²) < 4.78 is 6.98. The van der Waals surface area contributed by atoms with Crippen molar-refractivity contribution in [2.45, 2.75) is 19.3 Å². The number of nitrogens with one attached hydrogen (secondary N) is 1. The zero-order valence-electron chi connectivity index (χ0n) is 16.0. The number of carbonyl (C=O) groups is 1. The quantitative estimate of drug-likeness (QED) is 0.512. The van der Waals surface area contributed by atoms with Crippen LogP contribution in [0.1, 0.15) is 29.2 Å². The molecule has 1 aliphatic heterocycles. The number of aromatic nitrogens is 4. The lowest BCUT2D eigenvalue weighted by Crippen LogP contribution is -2.39. The molecule has 154 valence electrons. The molecule has 0 radical (unpaired) electrons. The van der Waals surface area contributed by atoms with E-state index in [0.29, 0.717) is 36.9 Å². The van der Waals surface area contributed by atoms with Crippen LogP contribution in [0, 0.1) is 5.92 Å². The number of thiophene rings is 2. The summed E-state index contributed by atoms with van der Waals surface area (Å²) in [5.41, 5.74) is 0.128. The molecule has 8 nitrogen and oxygen atoms in total. The summed E-state index contributed by atoms with van der Waals surface area (Å²) in [6.45, 7) is 1.30. The fourth-order valence-corrected chi connectivity index (χ4v) is 5.18. The number of H-pyrrole nitrogens is 1. The molecule has 1 fully saturated rings. The van der Waals surface area contributed by atoms with Gasteiger partial charge in [0.05, 0.1) is 4.88 Å². The lowest BCUT2D eigenvalue weighted by atomic mass is 9.93. The number of piperidine rings is 1. The Bertz CT molecular complexity index is 1180. The summed E-state index contributed by atoms with van der Waals surface area (Å²) in [6, 6.07) is 9.42. The zero-order valence-corrected chi connectivity index (χ0v) is 17.6. The number of hydrogen-bond donors (Lipinski definition) is 1. The van der Waals surface area contributed by atoms with E-state index in [-0.39, 0.29) is 11.6 Å². The number of hydrogen-bond acceptors (Lipinski definition) is 7. The maximum absolute atomic E-state index is 12.8. The van der Waals surface area contributed by atoms with E-state index < -0.39 is 0 Å². The first-order valence-electron chi connectivity index (χ1n) is 9.69. The van der Waals surface area contributed by atoms with Crippen LogP contribution in [0.3, 0.4) is 0 Å². The van der Waals surface area contributed by atoms with E-state index in [2.05, 4.69) is 15.4 Å². The molecule has 4 aromatic rings. The van der Waals surface area contributed by atoms with Crippen molar-refractivity contribution in [2.24, 2.45) is 5.92 Å². The van der Waals surface area contributed by atoms with E-state index in [1.807, 2.05) is 39.9 Å². The van der Waals surface area contributed by atoms with Gasteiger partial charge < -0.3 is 9.42 Å². The predicted octanol–water partition coefficient (Wildman–Crippen LogP) is 3.43. The molecule has 5 heterocycles. The normalized spacial score (nSPS) is 15.0. The molecule has 0 aliphatic carbocycles. The van der Waals surface area contributed by atoms with Crippen LogP contribution in [0.5, 0.6) is 0 Å². The lowest BCUT2D eigenvalue weighted by Gasteiger charge is -2.31. The maximum Gasteiger partial charge on any atom is 0.348 e. The molecule has 1 amide bonds. The topological polar surface area (TPSA) is 97.0 Å². The zero-order chi connectivity index (χ0) is 20.5. The maximum atomic E-state index is 12.8. The molecule has 10 heteroatoms. The lowest BCUT2D eigenvalue weighted by molar-refractivity contribution is 0.0679. The molecule has 1 N–H and O–H groups in total. The van der Waals surface area contributed by atoms with E-state index in [1.54, 1.807) is 22.0 Å². The minimum absolute atomic E-state index is 0.102. The van der Waals surface area contributed by atoms with Gasteiger partial charge in [0.2, 0.25) is 0 Å². The smallest absolute Gasteiger partial charge is 0.348 e. The highest BCUT2D eigenvalue weighted by atomic mass is 32.1. The van der Waals surface area contributed by atoms with Crippen molar-refractivity contribution in [3.63, 3.8) is 0 Å². The average Bonchev–Trinajstić information content (AvgIpc) is 3.54. The van der Waals surface area contributed by atoms with Gasteiger partial charge in [-0.2, -0.15) is 5.10 Å². The Balaban J connectivity index is 1.22. The Labute approximate surface area is 179 Å². The molecule has 1 saturated heterocycles. The number of carbonyl (C=O) groups excluding carboxylic acids is 1. The van der Waals surface area contributed by atoms with Crippen molar-refractivity contribution in [2.75, 3.05) is 13.1 Å². The average molecular weight is 442 g/mol. The fraction of sp³-hybridized carbons (Fsp3) is 0.300. The van der Waals surface area contributed by atoms with Crippen molar-refractivity contribution in [3.8, 4) is 15.6 Å². The number of rotatable bonds is 5. The van der Waals surface area contributed by atoms with Crippen molar-refractivity contribution in [1.82, 2.24) is 24.8 Å². The fourth-order valence-electron chi connectivity index (χ4n) is 3.76. The molecule has 0 bridgehead atoms. The van der Waals surface area contributed by atoms with Gasteiger partial charge in [0, 0.05) is 25.6 Å². The van der Waals surface area contributed by atoms with Crippen molar-refractivity contribution >= 4 is 28.6 Å². The van der Waals surface area contributed by atoms with E-state index in [0.717, 1.165) is 28.5 Å². The molecule has 0 aromatic carbocycles. The first-order chi connectivity index (χ1) is 14.7. The standard InChI is InChI=1S/C20H19N5O3S2/c26-19(14-12-15(28-23-14)16-3-1-9-29-16)24-7-5-13(6-8-24)11-17-21-22-20(27)25(17)18-4-2-10-30-18/h1-4,9-10,12-13H,5-8,11H2,(H,22,27). The SMILES string of the molecule is O=C(c1cc(-c2cccs2)on1)N1CCC(Cc2n[nH]c(=O)n2-c2cccs2)CC1. The Morgan fingerprint density at radius 3 is 2.73 bits per heavy atom. The van der Waals surface area contributed by atoms with Gasteiger partial charge in [-0.15, -0.1) is 22.7 Å². The van der Waals surface area contributed by atoms with E-state index in [4.69, 9.17) is 4.52 Å². The van der Waals surface area contributed by atoms with Crippen LogP contribution in [0.25, 0.3) is 15.6 Å². The second kappa shape index (κ2) is 8.04. The first-order valence-corrected chi connectivity index (χ1v) is 11.4. The van der Waals surface area contributed by atoms with Crippen LogP contribution in [0.15, 0.2) is 50.4 Å². The van der Waals surface area contributed by atoms with Gasteiger partial charge in [-0.3, -0.25) is 4.79 Å². The molecule has 0 spiro atoms. The Kier molecular flexibility index (Phi) is 5.09. The number of amides is 1. The summed E-state index contributed by atoms with van der Waals surface area (Å²) in [5, 5.41) is 15.5. The third kappa shape index (κ3) is 3.63. The second-order valence-electron chi connectivity index (χ2n) is 7.23. The molecule has 0 unspecified atom stereocenters. The summed E-state index contributed by atoms with van der Waals surface area (Å²) >= 11 is 3.06. The Morgan fingerprint density at radius 1 is 1.20 bits per heavy atom. The molecular weight excluding hydrogens is 422 g/mol. The Hall–Kier alpha value is -2.98. The van der Waals surface area contributed by atoms with E-state index >= 15 is 0 Å². The molecular formula is C20H19N5O3S2. The summed E-state index contributed by atoms with van der Waals surface area (Å²) in [6.07, 6.45) is 2.41. The van der Waals surface area contributed by atoms with Gasteiger partial charge in [-0.1, -0.05) is 11.2 Å². The van der Waals surface area contributed by atoms with Crippen molar-refractivity contribution < 1.29 is 9.32 Å². The number of nitrogens with zero attached hydrogens (tertiary/aromatic N) is 4. The molecule has 0 atom stereocenters. The van der Waals surface area contributed by atoms with Crippen LogP contribution >= 0.6 is 22.7 Å².